The molecule has 2 heterocycles. The quantitative estimate of drug-likeness (QED) is 0.559. The molecule has 136 valence electrons. The summed E-state index contributed by atoms with van der Waals surface area (Å²) in [5, 5.41) is 0.790. The summed E-state index contributed by atoms with van der Waals surface area (Å²) in [7, 11) is 1.73. The number of hydrogen-bond acceptors (Lipinski definition) is 4. The van der Waals surface area contributed by atoms with E-state index in [1.807, 2.05) is 55.5 Å². The lowest BCUT2D eigenvalue weighted by atomic mass is 10.1. The van der Waals surface area contributed by atoms with Crippen molar-refractivity contribution in [3.05, 3.63) is 76.8 Å². The topological polar surface area (TPSA) is 68.3 Å². The molecule has 27 heavy (non-hydrogen) atoms. The maximum absolute atomic E-state index is 12.8. The van der Waals surface area contributed by atoms with Crippen molar-refractivity contribution >= 4 is 28.0 Å². The second-order valence-electron chi connectivity index (χ2n) is 6.54. The van der Waals surface area contributed by atoms with E-state index in [0.717, 1.165) is 10.9 Å². The zero-order chi connectivity index (χ0) is 19.0. The Morgan fingerprint density at radius 2 is 1.85 bits per heavy atom. The van der Waals surface area contributed by atoms with E-state index < -0.39 is 0 Å². The van der Waals surface area contributed by atoms with Crippen molar-refractivity contribution in [1.29, 1.82) is 0 Å². The van der Waals surface area contributed by atoms with Crippen molar-refractivity contribution < 1.29 is 9.21 Å². The SMILES string of the molecule is CC(c1ccccc1)N(C)C(=O)Cn1cnc2c(oc3ccccc32)c1=O. The van der Waals surface area contributed by atoms with Crippen molar-refractivity contribution in [2.75, 3.05) is 7.05 Å². The largest absolute Gasteiger partial charge is 0.448 e. The zero-order valence-electron chi connectivity index (χ0n) is 15.1. The number of likely N-dealkylation sites (N-methyl/N-ethyl adjacent to an activating group) is 1. The molecule has 2 aromatic carbocycles. The predicted octanol–water partition coefficient (Wildman–Crippen LogP) is 3.36. The van der Waals surface area contributed by atoms with Crippen LogP contribution in [0.1, 0.15) is 18.5 Å². The van der Waals surface area contributed by atoms with Gasteiger partial charge in [0.15, 0.2) is 0 Å². The summed E-state index contributed by atoms with van der Waals surface area (Å²) in [6.07, 6.45) is 1.41. The van der Waals surface area contributed by atoms with Crippen LogP contribution >= 0.6 is 0 Å². The van der Waals surface area contributed by atoms with E-state index in [1.54, 1.807) is 18.0 Å². The van der Waals surface area contributed by atoms with Crippen molar-refractivity contribution in [1.82, 2.24) is 14.5 Å². The van der Waals surface area contributed by atoms with E-state index in [1.165, 1.54) is 10.9 Å². The molecule has 2 aromatic heterocycles. The minimum absolute atomic E-state index is 0.0908. The molecule has 1 amide bonds. The third-order valence-electron chi connectivity index (χ3n) is 4.91. The molecule has 0 aliphatic heterocycles. The molecule has 0 N–H and O–H groups in total. The lowest BCUT2D eigenvalue weighted by Gasteiger charge is -2.25. The van der Waals surface area contributed by atoms with Crippen LogP contribution in [-0.4, -0.2) is 27.4 Å². The number of carbonyl (C=O) groups is 1. The van der Waals surface area contributed by atoms with Crippen LogP contribution in [0.3, 0.4) is 0 Å². The minimum atomic E-state index is -0.356. The molecule has 0 saturated carbocycles. The molecule has 1 unspecified atom stereocenters. The summed E-state index contributed by atoms with van der Waals surface area (Å²) in [5.41, 5.74) is 1.98. The maximum atomic E-state index is 12.8. The average molecular weight is 361 g/mol. The fourth-order valence-corrected chi connectivity index (χ4v) is 3.16. The Morgan fingerprint density at radius 1 is 1.15 bits per heavy atom. The lowest BCUT2D eigenvalue weighted by Crippen LogP contribution is -2.35. The molecule has 0 aliphatic rings. The number of rotatable bonds is 4. The van der Waals surface area contributed by atoms with Gasteiger partial charge in [-0.1, -0.05) is 42.5 Å². The van der Waals surface area contributed by atoms with Crippen LogP contribution in [0.25, 0.3) is 22.1 Å². The van der Waals surface area contributed by atoms with Gasteiger partial charge in [0.25, 0.3) is 5.56 Å². The van der Waals surface area contributed by atoms with Gasteiger partial charge in [-0.05, 0) is 24.6 Å². The molecular formula is C21H19N3O3. The Morgan fingerprint density at radius 3 is 2.63 bits per heavy atom. The summed E-state index contributed by atoms with van der Waals surface area (Å²) < 4.78 is 6.95. The van der Waals surface area contributed by atoms with Gasteiger partial charge in [-0.25, -0.2) is 4.98 Å². The van der Waals surface area contributed by atoms with E-state index in [9.17, 15) is 9.59 Å². The number of para-hydroxylation sites is 1. The third-order valence-corrected chi connectivity index (χ3v) is 4.91. The van der Waals surface area contributed by atoms with Crippen molar-refractivity contribution in [3.8, 4) is 0 Å². The number of fused-ring (bicyclic) bond motifs is 3. The number of aromatic nitrogens is 2. The molecule has 6 heteroatoms. The molecule has 1 atom stereocenters. The molecule has 0 radical (unpaired) electrons. The van der Waals surface area contributed by atoms with Gasteiger partial charge in [0, 0.05) is 12.4 Å². The van der Waals surface area contributed by atoms with Gasteiger partial charge >= 0.3 is 0 Å². The first-order chi connectivity index (χ1) is 13.1. The summed E-state index contributed by atoms with van der Waals surface area (Å²) in [5.74, 6) is -0.175. The Labute approximate surface area is 155 Å². The molecule has 0 fully saturated rings. The van der Waals surface area contributed by atoms with E-state index >= 15 is 0 Å². The Balaban J connectivity index is 1.63. The first-order valence-corrected chi connectivity index (χ1v) is 8.73. The molecule has 0 saturated heterocycles. The molecular weight excluding hydrogens is 342 g/mol. The van der Waals surface area contributed by atoms with E-state index in [2.05, 4.69) is 4.98 Å². The number of carbonyl (C=O) groups excluding carboxylic acids is 1. The first kappa shape index (κ1) is 17.0. The third kappa shape index (κ3) is 2.99. The van der Waals surface area contributed by atoms with Gasteiger partial charge in [-0.3, -0.25) is 14.2 Å². The Hall–Kier alpha value is -3.41. The maximum Gasteiger partial charge on any atom is 0.297 e. The van der Waals surface area contributed by atoms with Gasteiger partial charge in [-0.2, -0.15) is 0 Å². The monoisotopic (exact) mass is 361 g/mol. The highest BCUT2D eigenvalue weighted by Gasteiger charge is 2.19. The van der Waals surface area contributed by atoms with Crippen LogP contribution in [-0.2, 0) is 11.3 Å². The van der Waals surface area contributed by atoms with Gasteiger partial charge in [0.05, 0.1) is 12.4 Å². The van der Waals surface area contributed by atoms with E-state index in [-0.39, 0.29) is 29.6 Å². The van der Waals surface area contributed by atoms with Crippen LogP contribution in [0.5, 0.6) is 0 Å². The van der Waals surface area contributed by atoms with Crippen LogP contribution in [0.4, 0.5) is 0 Å². The summed E-state index contributed by atoms with van der Waals surface area (Å²) in [6.45, 7) is 1.86. The molecule has 6 nitrogen and oxygen atoms in total. The first-order valence-electron chi connectivity index (χ1n) is 8.73. The number of amides is 1. The zero-order valence-corrected chi connectivity index (χ0v) is 15.1. The second kappa shape index (κ2) is 6.72. The Bertz CT molecular complexity index is 1180. The minimum Gasteiger partial charge on any atom is -0.448 e. The van der Waals surface area contributed by atoms with Crippen LogP contribution in [0.2, 0.25) is 0 Å². The smallest absolute Gasteiger partial charge is 0.297 e. The Kier molecular flexibility index (Phi) is 4.24. The van der Waals surface area contributed by atoms with Crippen LogP contribution < -0.4 is 5.56 Å². The molecule has 0 bridgehead atoms. The van der Waals surface area contributed by atoms with Crippen molar-refractivity contribution in [3.63, 3.8) is 0 Å². The number of furan rings is 1. The molecule has 0 spiro atoms. The predicted molar refractivity (Wildman–Crippen MR) is 103 cm³/mol. The molecule has 4 aromatic rings. The average Bonchev–Trinajstić information content (AvgIpc) is 3.09. The summed E-state index contributed by atoms with van der Waals surface area (Å²) in [6, 6.07) is 17.0. The number of hydrogen-bond donors (Lipinski definition) is 0. The van der Waals surface area contributed by atoms with E-state index in [4.69, 9.17) is 4.42 Å². The molecule has 4 rings (SSSR count). The van der Waals surface area contributed by atoms with Crippen LogP contribution in [0, 0.1) is 0 Å². The number of nitrogens with zero attached hydrogens (tertiary/aromatic N) is 3. The van der Waals surface area contributed by atoms with Gasteiger partial charge in [0.2, 0.25) is 11.5 Å². The fraction of sp³-hybridized carbons (Fsp3) is 0.190. The van der Waals surface area contributed by atoms with Crippen LogP contribution in [0.15, 0.2) is 70.1 Å². The van der Waals surface area contributed by atoms with Gasteiger partial charge < -0.3 is 9.32 Å². The highest BCUT2D eigenvalue weighted by molar-refractivity contribution is 6.01. The fourth-order valence-electron chi connectivity index (χ4n) is 3.16. The lowest BCUT2D eigenvalue weighted by molar-refractivity contribution is -0.132. The highest BCUT2D eigenvalue weighted by Crippen LogP contribution is 2.24. The highest BCUT2D eigenvalue weighted by atomic mass is 16.3. The normalized spacial score (nSPS) is 12.4. The summed E-state index contributed by atoms with van der Waals surface area (Å²) >= 11 is 0. The van der Waals surface area contributed by atoms with E-state index in [0.29, 0.717) is 11.1 Å². The second-order valence-corrected chi connectivity index (χ2v) is 6.54. The summed E-state index contributed by atoms with van der Waals surface area (Å²) in [4.78, 5) is 31.4. The van der Waals surface area contributed by atoms with Crippen molar-refractivity contribution in [2.45, 2.75) is 19.5 Å². The van der Waals surface area contributed by atoms with Crippen molar-refractivity contribution in [2.24, 2.45) is 0 Å². The van der Waals surface area contributed by atoms with Gasteiger partial charge in [-0.15, -0.1) is 0 Å². The molecule has 0 aliphatic carbocycles. The van der Waals surface area contributed by atoms with Gasteiger partial charge in [0.1, 0.15) is 17.6 Å². The standard InChI is InChI=1S/C21H19N3O3/c1-14(15-8-4-3-5-9-15)23(2)18(25)12-24-13-22-19-16-10-6-7-11-17(16)27-20(19)21(24)26/h3-11,13-14H,12H2,1-2H3. The number of benzene rings is 2.